The average Bonchev–Trinajstić information content (AvgIpc) is 2.76. The zero-order valence-electron chi connectivity index (χ0n) is 9.14. The quantitative estimate of drug-likeness (QED) is 0.922. The van der Waals surface area contributed by atoms with Crippen LogP contribution in [0.3, 0.4) is 0 Å². The van der Waals surface area contributed by atoms with Gasteiger partial charge in [-0.05, 0) is 12.1 Å². The second kappa shape index (κ2) is 4.84. The van der Waals surface area contributed by atoms with E-state index >= 15 is 0 Å². The Hall–Kier alpha value is -2.16. The van der Waals surface area contributed by atoms with Crippen LogP contribution in [0.5, 0.6) is 5.19 Å². The van der Waals surface area contributed by atoms with Crippen LogP contribution in [-0.2, 0) is 6.18 Å². The first kappa shape index (κ1) is 13.3. The van der Waals surface area contributed by atoms with Gasteiger partial charge in [-0.15, -0.1) is 0 Å². The lowest BCUT2D eigenvalue weighted by Crippen LogP contribution is -2.15. The number of carbonyl (C=O) groups is 1. The molecule has 0 aromatic carbocycles. The SMILES string of the molecule is NC(=O)Oc1nc(-c2cc(C(F)(F)F)ccn2)cs1. The maximum Gasteiger partial charge on any atom is 0.416 e. The molecule has 0 unspecified atom stereocenters. The van der Waals surface area contributed by atoms with Crippen molar-refractivity contribution in [1.82, 2.24) is 9.97 Å². The summed E-state index contributed by atoms with van der Waals surface area (Å²) in [6.45, 7) is 0. The lowest BCUT2D eigenvalue weighted by molar-refractivity contribution is -0.137. The number of rotatable bonds is 2. The van der Waals surface area contributed by atoms with E-state index in [1.165, 1.54) is 5.38 Å². The van der Waals surface area contributed by atoms with Gasteiger partial charge in [0, 0.05) is 11.6 Å². The minimum Gasteiger partial charge on any atom is -0.381 e. The molecule has 9 heteroatoms. The second-order valence-corrected chi connectivity index (χ2v) is 4.17. The van der Waals surface area contributed by atoms with Crippen LogP contribution in [0.1, 0.15) is 5.56 Å². The lowest BCUT2D eigenvalue weighted by atomic mass is 10.2. The topological polar surface area (TPSA) is 78.1 Å². The number of hydrogen-bond acceptors (Lipinski definition) is 5. The third-order valence-electron chi connectivity index (χ3n) is 2.02. The molecule has 2 rings (SSSR count). The van der Waals surface area contributed by atoms with Crippen molar-refractivity contribution >= 4 is 17.4 Å². The Balaban J connectivity index is 2.32. The van der Waals surface area contributed by atoms with Crippen molar-refractivity contribution in [3.05, 3.63) is 29.3 Å². The number of alkyl halides is 3. The van der Waals surface area contributed by atoms with Gasteiger partial charge in [0.15, 0.2) is 0 Å². The van der Waals surface area contributed by atoms with Crippen LogP contribution >= 0.6 is 11.3 Å². The Morgan fingerprint density at radius 3 is 2.74 bits per heavy atom. The van der Waals surface area contributed by atoms with Crippen LogP contribution in [-0.4, -0.2) is 16.1 Å². The molecule has 100 valence electrons. The molecule has 0 saturated carbocycles. The molecule has 0 aliphatic heterocycles. The van der Waals surface area contributed by atoms with Gasteiger partial charge in [0.25, 0.3) is 5.19 Å². The Morgan fingerprint density at radius 1 is 1.37 bits per heavy atom. The molecule has 0 saturated heterocycles. The number of aromatic nitrogens is 2. The Bertz CT molecular complexity index is 612. The molecule has 0 aliphatic rings. The molecule has 2 aromatic rings. The van der Waals surface area contributed by atoms with E-state index in [2.05, 4.69) is 14.7 Å². The summed E-state index contributed by atoms with van der Waals surface area (Å²) < 4.78 is 42.1. The number of primary amides is 1. The first-order valence-corrected chi connectivity index (χ1v) is 5.70. The first-order valence-electron chi connectivity index (χ1n) is 4.82. The highest BCUT2D eigenvalue weighted by Crippen LogP contribution is 2.32. The van der Waals surface area contributed by atoms with Crippen molar-refractivity contribution in [2.24, 2.45) is 5.73 Å². The summed E-state index contributed by atoms with van der Waals surface area (Å²) in [7, 11) is 0. The van der Waals surface area contributed by atoms with E-state index in [0.717, 1.165) is 29.7 Å². The Kier molecular flexibility index (Phi) is 3.38. The van der Waals surface area contributed by atoms with E-state index < -0.39 is 17.8 Å². The number of ether oxygens (including phenoxy) is 1. The maximum atomic E-state index is 12.5. The molecule has 0 bridgehead atoms. The third-order valence-corrected chi connectivity index (χ3v) is 2.74. The number of thiazole rings is 1. The fourth-order valence-electron chi connectivity index (χ4n) is 1.25. The molecule has 1 amide bonds. The van der Waals surface area contributed by atoms with Crippen LogP contribution in [0.2, 0.25) is 0 Å². The minimum absolute atomic E-state index is 0.0328. The maximum absolute atomic E-state index is 12.5. The van der Waals surface area contributed by atoms with Crippen molar-refractivity contribution in [3.63, 3.8) is 0 Å². The monoisotopic (exact) mass is 289 g/mol. The number of halogens is 3. The number of pyridine rings is 1. The summed E-state index contributed by atoms with van der Waals surface area (Å²) in [5.74, 6) is 0. The normalized spacial score (nSPS) is 11.3. The summed E-state index contributed by atoms with van der Waals surface area (Å²) in [6.07, 6.45) is -4.47. The summed E-state index contributed by atoms with van der Waals surface area (Å²) >= 11 is 0.931. The molecular weight excluding hydrogens is 283 g/mol. The van der Waals surface area contributed by atoms with Crippen LogP contribution in [0, 0.1) is 0 Å². The van der Waals surface area contributed by atoms with Gasteiger partial charge in [0.2, 0.25) is 0 Å². The van der Waals surface area contributed by atoms with E-state index in [1.54, 1.807) is 0 Å². The molecule has 2 aromatic heterocycles. The van der Waals surface area contributed by atoms with Crippen LogP contribution in [0.25, 0.3) is 11.4 Å². The fourth-order valence-corrected chi connectivity index (χ4v) is 1.92. The summed E-state index contributed by atoms with van der Waals surface area (Å²) in [5, 5.41) is 1.36. The van der Waals surface area contributed by atoms with Gasteiger partial charge < -0.3 is 10.5 Å². The van der Waals surface area contributed by atoms with Gasteiger partial charge in [-0.2, -0.15) is 13.2 Å². The molecule has 5 nitrogen and oxygen atoms in total. The van der Waals surface area contributed by atoms with Crippen LogP contribution in [0.4, 0.5) is 18.0 Å². The number of hydrogen-bond donors (Lipinski definition) is 1. The van der Waals surface area contributed by atoms with Gasteiger partial charge >= 0.3 is 12.3 Å². The molecule has 2 N–H and O–H groups in total. The highest BCUT2D eigenvalue weighted by molar-refractivity contribution is 7.11. The predicted octanol–water partition coefficient (Wildman–Crippen LogP) is 2.68. The summed E-state index contributed by atoms with van der Waals surface area (Å²) in [4.78, 5) is 18.1. The zero-order chi connectivity index (χ0) is 14.0. The number of nitrogens with two attached hydrogens (primary N) is 1. The van der Waals surface area contributed by atoms with E-state index in [0.29, 0.717) is 0 Å². The van der Waals surface area contributed by atoms with Crippen molar-refractivity contribution in [1.29, 1.82) is 0 Å². The highest BCUT2D eigenvalue weighted by Gasteiger charge is 2.31. The Labute approximate surface area is 108 Å². The second-order valence-electron chi connectivity index (χ2n) is 3.35. The fraction of sp³-hybridized carbons (Fsp3) is 0.100. The standard InChI is InChI=1S/C10H6F3N3O2S/c11-10(12,13)5-1-2-15-6(3-5)7-4-19-9(16-7)18-8(14)17/h1-4H,(H2,14,17). The van der Waals surface area contributed by atoms with Crippen molar-refractivity contribution in [3.8, 4) is 16.6 Å². The van der Waals surface area contributed by atoms with Crippen LogP contribution in [0.15, 0.2) is 23.7 Å². The predicted molar refractivity (Wildman–Crippen MR) is 60.6 cm³/mol. The molecule has 0 spiro atoms. The average molecular weight is 289 g/mol. The van der Waals surface area contributed by atoms with Crippen LogP contribution < -0.4 is 10.5 Å². The van der Waals surface area contributed by atoms with Crippen molar-refractivity contribution < 1.29 is 22.7 Å². The summed E-state index contributed by atoms with van der Waals surface area (Å²) in [6, 6.07) is 1.72. The molecule has 2 heterocycles. The van der Waals surface area contributed by atoms with E-state index in [4.69, 9.17) is 5.73 Å². The lowest BCUT2D eigenvalue weighted by Gasteiger charge is -2.06. The van der Waals surface area contributed by atoms with Gasteiger partial charge in [-0.3, -0.25) is 4.98 Å². The van der Waals surface area contributed by atoms with E-state index in [1.807, 2.05) is 0 Å². The third kappa shape index (κ3) is 3.19. The summed E-state index contributed by atoms with van der Waals surface area (Å²) in [5.41, 5.74) is 4.17. The number of amides is 1. The first-order chi connectivity index (χ1) is 8.86. The molecular formula is C10H6F3N3O2S. The van der Waals surface area contributed by atoms with Gasteiger partial charge in [-0.25, -0.2) is 9.78 Å². The molecule has 0 fully saturated rings. The number of carbonyl (C=O) groups excluding carboxylic acids is 1. The molecule has 0 atom stereocenters. The van der Waals surface area contributed by atoms with Crippen molar-refractivity contribution in [2.45, 2.75) is 6.18 Å². The van der Waals surface area contributed by atoms with E-state index in [9.17, 15) is 18.0 Å². The minimum atomic E-state index is -4.46. The Morgan fingerprint density at radius 2 is 2.11 bits per heavy atom. The number of nitrogens with zero attached hydrogens (tertiary/aromatic N) is 2. The van der Waals surface area contributed by atoms with Gasteiger partial charge in [0.1, 0.15) is 5.69 Å². The molecule has 0 aliphatic carbocycles. The van der Waals surface area contributed by atoms with E-state index in [-0.39, 0.29) is 16.6 Å². The largest absolute Gasteiger partial charge is 0.416 e. The zero-order valence-corrected chi connectivity index (χ0v) is 9.96. The highest BCUT2D eigenvalue weighted by atomic mass is 32.1. The van der Waals surface area contributed by atoms with Crippen molar-refractivity contribution in [2.75, 3.05) is 0 Å². The molecule has 0 radical (unpaired) electrons. The van der Waals surface area contributed by atoms with Gasteiger partial charge in [-0.1, -0.05) is 11.3 Å². The smallest absolute Gasteiger partial charge is 0.381 e. The molecule has 19 heavy (non-hydrogen) atoms. The van der Waals surface area contributed by atoms with Gasteiger partial charge in [0.05, 0.1) is 11.3 Å².